The SMILES string of the molecule is COc1cccc(C=NNC(=O)c2cccc([N+](=O)[O-])c2)c1OC(C)C(=O)O. The Kier molecular flexibility index (Phi) is 6.63. The van der Waals surface area contributed by atoms with E-state index < -0.39 is 22.9 Å². The first-order valence-electron chi connectivity index (χ1n) is 7.97. The molecule has 0 fully saturated rings. The van der Waals surface area contributed by atoms with Gasteiger partial charge in [0.2, 0.25) is 0 Å². The number of carboxylic acid groups (broad SMARTS) is 1. The zero-order chi connectivity index (χ0) is 20.7. The standard InChI is InChI=1S/C18H17N3O7/c1-11(18(23)24)28-16-13(6-4-8-15(16)27-2)10-19-20-17(22)12-5-3-7-14(9-12)21(25)26/h3-11H,1-2H3,(H,20,22)(H,23,24). The van der Waals surface area contributed by atoms with E-state index in [2.05, 4.69) is 10.5 Å². The maximum Gasteiger partial charge on any atom is 0.344 e. The molecule has 1 atom stereocenters. The molecule has 28 heavy (non-hydrogen) atoms. The summed E-state index contributed by atoms with van der Waals surface area (Å²) in [6, 6.07) is 10.0. The number of nitrogens with zero attached hydrogens (tertiary/aromatic N) is 2. The van der Waals surface area contributed by atoms with Gasteiger partial charge in [-0.05, 0) is 25.1 Å². The van der Waals surface area contributed by atoms with Gasteiger partial charge in [-0.25, -0.2) is 10.2 Å². The Balaban J connectivity index is 2.19. The van der Waals surface area contributed by atoms with Crippen molar-refractivity contribution in [2.24, 2.45) is 5.10 Å². The summed E-state index contributed by atoms with van der Waals surface area (Å²) < 4.78 is 10.6. The summed E-state index contributed by atoms with van der Waals surface area (Å²) in [7, 11) is 1.40. The molecule has 10 nitrogen and oxygen atoms in total. The van der Waals surface area contributed by atoms with E-state index in [1.165, 1.54) is 38.4 Å². The fourth-order valence-electron chi connectivity index (χ4n) is 2.13. The first-order valence-corrected chi connectivity index (χ1v) is 7.97. The summed E-state index contributed by atoms with van der Waals surface area (Å²) in [5, 5.41) is 23.6. The van der Waals surface area contributed by atoms with E-state index in [1.807, 2.05) is 0 Å². The van der Waals surface area contributed by atoms with Gasteiger partial charge in [0.1, 0.15) is 0 Å². The molecular formula is C18H17N3O7. The summed E-state index contributed by atoms with van der Waals surface area (Å²) in [5.74, 6) is -1.37. The van der Waals surface area contributed by atoms with Crippen LogP contribution in [-0.2, 0) is 4.79 Å². The Morgan fingerprint density at radius 2 is 2.00 bits per heavy atom. The number of hydrogen-bond acceptors (Lipinski definition) is 7. The Bertz CT molecular complexity index is 927. The van der Waals surface area contributed by atoms with E-state index >= 15 is 0 Å². The van der Waals surface area contributed by atoms with Crippen LogP contribution in [0.1, 0.15) is 22.8 Å². The van der Waals surface area contributed by atoms with Crippen LogP contribution in [0.4, 0.5) is 5.69 Å². The van der Waals surface area contributed by atoms with E-state index in [0.29, 0.717) is 11.3 Å². The van der Waals surface area contributed by atoms with Crippen LogP contribution in [0.3, 0.4) is 0 Å². The predicted octanol–water partition coefficient (Wildman–Crippen LogP) is 2.22. The third kappa shape index (κ3) is 5.04. The summed E-state index contributed by atoms with van der Waals surface area (Å²) in [6.07, 6.45) is 0.115. The maximum atomic E-state index is 12.1. The fraction of sp³-hybridized carbons (Fsp3) is 0.167. The molecule has 2 aromatic carbocycles. The smallest absolute Gasteiger partial charge is 0.344 e. The number of hydrazone groups is 1. The second-order valence-electron chi connectivity index (χ2n) is 5.48. The van der Waals surface area contributed by atoms with Crippen LogP contribution in [0, 0.1) is 10.1 Å². The number of nitro benzene ring substituents is 1. The van der Waals surface area contributed by atoms with Gasteiger partial charge in [0, 0.05) is 23.3 Å². The summed E-state index contributed by atoms with van der Waals surface area (Å²) in [4.78, 5) is 33.3. The van der Waals surface area contributed by atoms with Crippen LogP contribution < -0.4 is 14.9 Å². The average molecular weight is 387 g/mol. The van der Waals surface area contributed by atoms with Crippen LogP contribution >= 0.6 is 0 Å². The number of rotatable bonds is 8. The Hall–Kier alpha value is -3.95. The second-order valence-corrected chi connectivity index (χ2v) is 5.48. The van der Waals surface area contributed by atoms with Gasteiger partial charge in [-0.2, -0.15) is 5.10 Å². The van der Waals surface area contributed by atoms with E-state index in [9.17, 15) is 19.7 Å². The van der Waals surface area contributed by atoms with Crippen LogP contribution in [0.15, 0.2) is 47.6 Å². The molecule has 0 aliphatic carbocycles. The van der Waals surface area contributed by atoms with Crippen molar-refractivity contribution >= 4 is 23.8 Å². The number of para-hydroxylation sites is 1. The third-order valence-electron chi connectivity index (χ3n) is 3.56. The van der Waals surface area contributed by atoms with Crippen LogP contribution in [0.2, 0.25) is 0 Å². The van der Waals surface area contributed by atoms with Crippen molar-refractivity contribution in [2.75, 3.05) is 7.11 Å². The number of hydrogen-bond donors (Lipinski definition) is 2. The van der Waals surface area contributed by atoms with E-state index in [-0.39, 0.29) is 17.0 Å². The maximum absolute atomic E-state index is 12.1. The Morgan fingerprint density at radius 3 is 2.64 bits per heavy atom. The number of carbonyl (C=O) groups is 2. The molecule has 0 radical (unpaired) electrons. The van der Waals surface area contributed by atoms with E-state index in [1.54, 1.807) is 18.2 Å². The molecule has 0 heterocycles. The minimum Gasteiger partial charge on any atom is -0.493 e. The lowest BCUT2D eigenvalue weighted by Crippen LogP contribution is -2.24. The number of benzene rings is 2. The summed E-state index contributed by atoms with van der Waals surface area (Å²) >= 11 is 0. The average Bonchev–Trinajstić information content (AvgIpc) is 2.68. The molecule has 0 saturated heterocycles. The number of non-ortho nitro benzene ring substituents is 1. The van der Waals surface area contributed by atoms with Gasteiger partial charge in [-0.1, -0.05) is 12.1 Å². The van der Waals surface area contributed by atoms with Gasteiger partial charge in [0.15, 0.2) is 17.6 Å². The second kappa shape index (κ2) is 9.12. The van der Waals surface area contributed by atoms with Crippen molar-refractivity contribution in [3.63, 3.8) is 0 Å². The number of ether oxygens (including phenoxy) is 2. The predicted molar refractivity (Wildman–Crippen MR) is 98.9 cm³/mol. The monoisotopic (exact) mass is 387 g/mol. The molecule has 10 heteroatoms. The molecule has 0 spiro atoms. The lowest BCUT2D eigenvalue weighted by Gasteiger charge is -2.15. The number of aliphatic carboxylic acids is 1. The number of nitro groups is 1. The molecule has 1 amide bonds. The van der Waals surface area contributed by atoms with Gasteiger partial charge in [-0.15, -0.1) is 0 Å². The van der Waals surface area contributed by atoms with Gasteiger partial charge < -0.3 is 14.6 Å². The number of carbonyl (C=O) groups excluding carboxylic acids is 1. The number of nitrogens with one attached hydrogen (secondary N) is 1. The molecule has 0 saturated carbocycles. The largest absolute Gasteiger partial charge is 0.493 e. The minimum atomic E-state index is -1.16. The highest BCUT2D eigenvalue weighted by Gasteiger charge is 2.18. The minimum absolute atomic E-state index is 0.0629. The van der Waals surface area contributed by atoms with Crippen molar-refractivity contribution in [1.82, 2.24) is 5.43 Å². The lowest BCUT2D eigenvalue weighted by molar-refractivity contribution is -0.384. The number of amides is 1. The molecule has 2 rings (SSSR count). The summed E-state index contributed by atoms with van der Waals surface area (Å²) in [6.45, 7) is 1.36. The van der Waals surface area contributed by atoms with Crippen molar-refractivity contribution in [3.05, 3.63) is 63.7 Å². The zero-order valence-corrected chi connectivity index (χ0v) is 15.0. The molecular weight excluding hydrogens is 370 g/mol. The van der Waals surface area contributed by atoms with Gasteiger partial charge in [0.25, 0.3) is 11.6 Å². The van der Waals surface area contributed by atoms with E-state index in [4.69, 9.17) is 14.6 Å². The Labute approximate surface area is 159 Å². The molecule has 2 aromatic rings. The Morgan fingerprint density at radius 1 is 1.29 bits per heavy atom. The zero-order valence-electron chi connectivity index (χ0n) is 15.0. The highest BCUT2D eigenvalue weighted by Crippen LogP contribution is 2.31. The molecule has 1 unspecified atom stereocenters. The third-order valence-corrected chi connectivity index (χ3v) is 3.56. The highest BCUT2D eigenvalue weighted by molar-refractivity contribution is 5.95. The van der Waals surface area contributed by atoms with Crippen molar-refractivity contribution in [2.45, 2.75) is 13.0 Å². The topological polar surface area (TPSA) is 140 Å². The summed E-state index contributed by atoms with van der Waals surface area (Å²) in [5.41, 5.74) is 2.46. The molecule has 0 aliphatic heterocycles. The van der Waals surface area contributed by atoms with Crippen LogP contribution in [0.25, 0.3) is 0 Å². The normalized spacial score (nSPS) is 11.6. The molecule has 0 aromatic heterocycles. The van der Waals surface area contributed by atoms with Gasteiger partial charge >= 0.3 is 5.97 Å². The molecule has 0 bridgehead atoms. The molecule has 2 N–H and O–H groups in total. The van der Waals surface area contributed by atoms with E-state index in [0.717, 1.165) is 6.07 Å². The first-order chi connectivity index (χ1) is 13.3. The highest BCUT2D eigenvalue weighted by atomic mass is 16.6. The quantitative estimate of drug-likeness (QED) is 0.402. The van der Waals surface area contributed by atoms with Gasteiger partial charge in [0.05, 0.1) is 18.2 Å². The fourth-order valence-corrected chi connectivity index (χ4v) is 2.13. The van der Waals surface area contributed by atoms with Crippen LogP contribution in [-0.4, -0.2) is 41.3 Å². The van der Waals surface area contributed by atoms with Gasteiger partial charge in [-0.3, -0.25) is 14.9 Å². The van der Waals surface area contributed by atoms with Crippen molar-refractivity contribution < 1.29 is 29.1 Å². The van der Waals surface area contributed by atoms with Crippen LogP contribution in [0.5, 0.6) is 11.5 Å². The number of carboxylic acids is 1. The number of methoxy groups -OCH3 is 1. The molecule has 146 valence electrons. The van der Waals surface area contributed by atoms with Crippen molar-refractivity contribution in [1.29, 1.82) is 0 Å². The first kappa shape index (κ1) is 20.4. The van der Waals surface area contributed by atoms with Crippen molar-refractivity contribution in [3.8, 4) is 11.5 Å². The lowest BCUT2D eigenvalue weighted by atomic mass is 10.2. The molecule has 0 aliphatic rings.